The van der Waals surface area contributed by atoms with Crippen molar-refractivity contribution in [1.82, 2.24) is 10.0 Å². The first-order valence-electron chi connectivity index (χ1n) is 8.01. The van der Waals surface area contributed by atoms with Crippen molar-refractivity contribution < 1.29 is 22.7 Å². The lowest BCUT2D eigenvalue weighted by molar-refractivity contribution is -0.148. The second-order valence-corrected chi connectivity index (χ2v) is 7.73. The van der Waals surface area contributed by atoms with Crippen molar-refractivity contribution in [3.05, 3.63) is 65.2 Å². The Kier molecular flexibility index (Phi) is 7.35. The van der Waals surface area contributed by atoms with Crippen molar-refractivity contribution >= 4 is 33.5 Å². The fourth-order valence-electron chi connectivity index (χ4n) is 2.22. The van der Waals surface area contributed by atoms with Gasteiger partial charge in [0.15, 0.2) is 6.61 Å². The van der Waals surface area contributed by atoms with E-state index < -0.39 is 34.5 Å². The quantitative estimate of drug-likeness (QED) is 0.648. The maximum atomic E-state index is 12.6. The highest BCUT2D eigenvalue weighted by molar-refractivity contribution is 7.89. The summed E-state index contributed by atoms with van der Waals surface area (Å²) in [5.74, 6) is -1.18. The van der Waals surface area contributed by atoms with Crippen LogP contribution in [-0.4, -0.2) is 33.9 Å². The fraction of sp³-hybridized carbons (Fsp3) is 0.222. The average Bonchev–Trinajstić information content (AvgIpc) is 2.66. The van der Waals surface area contributed by atoms with Crippen molar-refractivity contribution in [2.75, 3.05) is 13.7 Å². The molecule has 0 aliphatic rings. The van der Waals surface area contributed by atoms with Crippen LogP contribution in [0.3, 0.4) is 0 Å². The van der Waals surface area contributed by atoms with E-state index in [1.807, 2.05) is 0 Å². The molecule has 0 bridgehead atoms. The molecule has 2 N–H and O–H groups in total. The zero-order valence-corrected chi connectivity index (χ0v) is 16.1. The minimum absolute atomic E-state index is 0.0719. The number of halogens is 1. The van der Waals surface area contributed by atoms with Gasteiger partial charge in [0.25, 0.3) is 5.91 Å². The van der Waals surface area contributed by atoms with Crippen molar-refractivity contribution in [2.45, 2.75) is 17.4 Å². The number of nitrogens with one attached hydrogen (secondary N) is 2. The van der Waals surface area contributed by atoms with Crippen molar-refractivity contribution in [3.8, 4) is 0 Å². The summed E-state index contributed by atoms with van der Waals surface area (Å²) < 4.78 is 32.6. The van der Waals surface area contributed by atoms with Gasteiger partial charge >= 0.3 is 5.97 Å². The minimum atomic E-state index is -3.87. The van der Waals surface area contributed by atoms with Gasteiger partial charge in [-0.25, -0.2) is 13.1 Å². The summed E-state index contributed by atoms with van der Waals surface area (Å²) in [7, 11) is -2.45. The number of hydrogen-bond acceptors (Lipinski definition) is 5. The SMILES string of the molecule is CNC(=O)COC(=O)C[C@H](NS(=O)(=O)c1ccccc1)c1ccc(Cl)cc1. The zero-order chi connectivity index (χ0) is 19.9. The first-order chi connectivity index (χ1) is 12.8. The van der Waals surface area contributed by atoms with E-state index in [1.54, 1.807) is 42.5 Å². The number of benzene rings is 2. The molecule has 0 spiro atoms. The second-order valence-electron chi connectivity index (χ2n) is 5.58. The van der Waals surface area contributed by atoms with E-state index in [-0.39, 0.29) is 11.3 Å². The summed E-state index contributed by atoms with van der Waals surface area (Å²) >= 11 is 5.88. The third-order valence-corrected chi connectivity index (χ3v) is 5.38. The van der Waals surface area contributed by atoms with Gasteiger partial charge in [-0.05, 0) is 29.8 Å². The number of likely N-dealkylation sites (N-methyl/N-ethyl adjacent to an activating group) is 1. The molecule has 144 valence electrons. The third kappa shape index (κ3) is 6.35. The highest BCUT2D eigenvalue weighted by atomic mass is 35.5. The summed E-state index contributed by atoms with van der Waals surface area (Å²) in [6.45, 7) is -0.436. The van der Waals surface area contributed by atoms with Crippen LogP contribution in [0.1, 0.15) is 18.0 Å². The van der Waals surface area contributed by atoms with E-state index in [9.17, 15) is 18.0 Å². The van der Waals surface area contributed by atoms with Gasteiger partial charge < -0.3 is 10.1 Å². The molecule has 1 amide bonds. The molecule has 0 aromatic heterocycles. The predicted octanol–water partition coefficient (Wildman–Crippen LogP) is 2.04. The van der Waals surface area contributed by atoms with Gasteiger partial charge in [-0.3, -0.25) is 9.59 Å². The lowest BCUT2D eigenvalue weighted by Gasteiger charge is -2.19. The number of amides is 1. The van der Waals surface area contributed by atoms with E-state index in [1.165, 1.54) is 19.2 Å². The molecular formula is C18H19ClN2O5S. The number of esters is 1. The summed E-state index contributed by atoms with van der Waals surface area (Å²) in [5.41, 5.74) is 0.538. The first kappa shape index (κ1) is 20.9. The van der Waals surface area contributed by atoms with Crippen LogP contribution in [0.15, 0.2) is 59.5 Å². The van der Waals surface area contributed by atoms with Gasteiger partial charge in [-0.15, -0.1) is 0 Å². The Hall–Kier alpha value is -2.42. The lowest BCUT2D eigenvalue weighted by atomic mass is 10.1. The van der Waals surface area contributed by atoms with Crippen LogP contribution in [0.5, 0.6) is 0 Å². The minimum Gasteiger partial charge on any atom is -0.456 e. The molecule has 2 rings (SSSR count). The molecule has 0 saturated heterocycles. The summed E-state index contributed by atoms with van der Waals surface area (Å²) in [4.78, 5) is 23.4. The summed E-state index contributed by atoms with van der Waals surface area (Å²) in [6, 6.07) is 13.3. The lowest BCUT2D eigenvalue weighted by Crippen LogP contribution is -2.32. The Morgan fingerprint density at radius 1 is 1.07 bits per heavy atom. The Labute approximate surface area is 162 Å². The van der Waals surface area contributed by atoms with Crippen molar-refractivity contribution in [3.63, 3.8) is 0 Å². The van der Waals surface area contributed by atoms with Crippen LogP contribution in [0.2, 0.25) is 5.02 Å². The molecule has 0 heterocycles. The van der Waals surface area contributed by atoms with E-state index in [4.69, 9.17) is 16.3 Å². The smallest absolute Gasteiger partial charge is 0.308 e. The monoisotopic (exact) mass is 410 g/mol. The van der Waals surface area contributed by atoms with Gasteiger partial charge in [0.1, 0.15) is 0 Å². The van der Waals surface area contributed by atoms with Gasteiger partial charge in [-0.1, -0.05) is 41.9 Å². The Bertz CT molecular complexity index is 886. The van der Waals surface area contributed by atoms with Gasteiger partial charge in [-0.2, -0.15) is 0 Å². The molecule has 0 fully saturated rings. The van der Waals surface area contributed by atoms with Crippen LogP contribution in [0.25, 0.3) is 0 Å². The standard InChI is InChI=1S/C18H19ClN2O5S/c1-20-17(22)12-26-18(23)11-16(13-7-9-14(19)10-8-13)21-27(24,25)15-5-3-2-4-6-15/h2-10,16,21H,11-12H2,1H3,(H,20,22)/t16-/m0/s1. The van der Waals surface area contributed by atoms with Crippen LogP contribution in [0, 0.1) is 0 Å². The molecule has 0 saturated carbocycles. The number of rotatable bonds is 8. The van der Waals surface area contributed by atoms with E-state index in [2.05, 4.69) is 10.0 Å². The number of ether oxygens (including phenoxy) is 1. The normalized spacial score (nSPS) is 12.2. The summed E-state index contributed by atoms with van der Waals surface area (Å²) in [6.07, 6.45) is -0.287. The topological polar surface area (TPSA) is 102 Å². The molecule has 2 aromatic carbocycles. The summed E-state index contributed by atoms with van der Waals surface area (Å²) in [5, 5.41) is 2.81. The molecule has 27 heavy (non-hydrogen) atoms. The van der Waals surface area contributed by atoms with Gasteiger partial charge in [0.2, 0.25) is 10.0 Å². The number of sulfonamides is 1. The highest BCUT2D eigenvalue weighted by Gasteiger charge is 2.24. The number of carbonyl (C=O) groups is 2. The zero-order valence-electron chi connectivity index (χ0n) is 14.5. The molecule has 0 aliphatic heterocycles. The van der Waals surface area contributed by atoms with Gasteiger partial charge in [0.05, 0.1) is 17.4 Å². The average molecular weight is 411 g/mol. The molecule has 9 heteroatoms. The maximum Gasteiger partial charge on any atom is 0.308 e. The number of hydrogen-bond donors (Lipinski definition) is 2. The molecule has 7 nitrogen and oxygen atoms in total. The molecule has 0 radical (unpaired) electrons. The van der Waals surface area contributed by atoms with Crippen LogP contribution in [0.4, 0.5) is 0 Å². The third-order valence-electron chi connectivity index (χ3n) is 3.64. The largest absolute Gasteiger partial charge is 0.456 e. The first-order valence-corrected chi connectivity index (χ1v) is 9.87. The van der Waals surface area contributed by atoms with E-state index >= 15 is 0 Å². The van der Waals surface area contributed by atoms with Crippen LogP contribution >= 0.6 is 11.6 Å². The number of carbonyl (C=O) groups excluding carboxylic acids is 2. The van der Waals surface area contributed by atoms with Crippen molar-refractivity contribution in [1.29, 1.82) is 0 Å². The molecule has 1 atom stereocenters. The van der Waals surface area contributed by atoms with E-state index in [0.29, 0.717) is 10.6 Å². The molecule has 0 unspecified atom stereocenters. The molecule has 0 aliphatic carbocycles. The fourth-order valence-corrected chi connectivity index (χ4v) is 3.59. The van der Waals surface area contributed by atoms with E-state index in [0.717, 1.165) is 0 Å². The maximum absolute atomic E-state index is 12.6. The Morgan fingerprint density at radius 2 is 1.70 bits per heavy atom. The molecule has 2 aromatic rings. The second kappa shape index (κ2) is 9.50. The van der Waals surface area contributed by atoms with Gasteiger partial charge in [0, 0.05) is 12.1 Å². The van der Waals surface area contributed by atoms with Crippen LogP contribution < -0.4 is 10.0 Å². The van der Waals surface area contributed by atoms with Crippen LogP contribution in [-0.2, 0) is 24.3 Å². The Balaban J connectivity index is 2.21. The Morgan fingerprint density at radius 3 is 2.30 bits per heavy atom. The van der Waals surface area contributed by atoms with Crippen molar-refractivity contribution in [2.24, 2.45) is 0 Å². The predicted molar refractivity (Wildman–Crippen MR) is 101 cm³/mol. The molecular weight excluding hydrogens is 392 g/mol. The highest BCUT2D eigenvalue weighted by Crippen LogP contribution is 2.22.